The van der Waals surface area contributed by atoms with Crippen molar-refractivity contribution < 1.29 is 9.26 Å². The number of aryl methyl sites for hydroxylation is 2. The first-order chi connectivity index (χ1) is 10.1. The Labute approximate surface area is 124 Å². The molecule has 0 aliphatic carbocycles. The highest BCUT2D eigenvalue weighted by molar-refractivity contribution is 5.30. The van der Waals surface area contributed by atoms with Gasteiger partial charge in [0.2, 0.25) is 5.89 Å². The second-order valence-electron chi connectivity index (χ2n) is 5.78. The van der Waals surface area contributed by atoms with E-state index in [0.717, 1.165) is 18.8 Å². The van der Waals surface area contributed by atoms with Crippen molar-refractivity contribution in [3.05, 3.63) is 46.6 Å². The minimum atomic E-state index is 0.107. The SMILES string of the molecule is COC1CNC(c2nc(Cc3cc(C)cc(C)c3)no2)C1. The van der Waals surface area contributed by atoms with E-state index in [1.54, 1.807) is 7.11 Å². The van der Waals surface area contributed by atoms with Gasteiger partial charge in [-0.2, -0.15) is 4.98 Å². The first kappa shape index (κ1) is 14.2. The summed E-state index contributed by atoms with van der Waals surface area (Å²) in [5, 5.41) is 7.45. The van der Waals surface area contributed by atoms with E-state index < -0.39 is 0 Å². The summed E-state index contributed by atoms with van der Waals surface area (Å²) in [5.41, 5.74) is 3.73. The molecule has 21 heavy (non-hydrogen) atoms. The second-order valence-corrected chi connectivity index (χ2v) is 5.78. The summed E-state index contributed by atoms with van der Waals surface area (Å²) in [6, 6.07) is 6.60. The molecule has 0 radical (unpaired) electrons. The van der Waals surface area contributed by atoms with E-state index in [1.807, 2.05) is 0 Å². The van der Waals surface area contributed by atoms with Crippen molar-refractivity contribution in [3.8, 4) is 0 Å². The van der Waals surface area contributed by atoms with Gasteiger partial charge in [-0.05, 0) is 25.8 Å². The van der Waals surface area contributed by atoms with E-state index in [1.165, 1.54) is 16.7 Å². The molecule has 0 saturated carbocycles. The molecule has 1 N–H and O–H groups in total. The Kier molecular flexibility index (Phi) is 4.03. The lowest BCUT2D eigenvalue weighted by Gasteiger charge is -2.04. The normalized spacial score (nSPS) is 21.9. The lowest BCUT2D eigenvalue weighted by molar-refractivity contribution is 0.116. The van der Waals surface area contributed by atoms with Crippen molar-refractivity contribution in [3.63, 3.8) is 0 Å². The lowest BCUT2D eigenvalue weighted by atomic mass is 10.1. The zero-order valence-corrected chi connectivity index (χ0v) is 12.7. The van der Waals surface area contributed by atoms with E-state index in [9.17, 15) is 0 Å². The topological polar surface area (TPSA) is 60.2 Å². The van der Waals surface area contributed by atoms with Gasteiger partial charge in [0.25, 0.3) is 0 Å². The summed E-state index contributed by atoms with van der Waals surface area (Å²) in [7, 11) is 1.73. The maximum Gasteiger partial charge on any atom is 0.243 e. The molecular formula is C16H21N3O2. The largest absolute Gasteiger partial charge is 0.380 e. The number of nitrogens with one attached hydrogen (secondary N) is 1. The lowest BCUT2D eigenvalue weighted by Crippen LogP contribution is -2.16. The number of methoxy groups -OCH3 is 1. The highest BCUT2D eigenvalue weighted by Gasteiger charge is 2.29. The van der Waals surface area contributed by atoms with E-state index in [4.69, 9.17) is 9.26 Å². The van der Waals surface area contributed by atoms with E-state index >= 15 is 0 Å². The Morgan fingerprint density at radius 3 is 2.71 bits per heavy atom. The monoisotopic (exact) mass is 287 g/mol. The average Bonchev–Trinajstić information content (AvgIpc) is 3.05. The van der Waals surface area contributed by atoms with Crippen LogP contribution in [-0.4, -0.2) is 29.9 Å². The number of nitrogens with zero attached hydrogens (tertiary/aromatic N) is 2. The fraction of sp³-hybridized carbons (Fsp3) is 0.500. The minimum Gasteiger partial charge on any atom is -0.380 e. The predicted octanol–water partition coefficient (Wildman–Crippen LogP) is 2.33. The summed E-state index contributed by atoms with van der Waals surface area (Å²) in [6.45, 7) is 5.03. The van der Waals surface area contributed by atoms with Crippen molar-refractivity contribution in [2.75, 3.05) is 13.7 Å². The number of benzene rings is 1. The molecule has 2 unspecified atom stereocenters. The Morgan fingerprint density at radius 2 is 2.05 bits per heavy atom. The van der Waals surface area contributed by atoms with Gasteiger partial charge >= 0.3 is 0 Å². The number of ether oxygens (including phenoxy) is 1. The van der Waals surface area contributed by atoms with Gasteiger partial charge in [0, 0.05) is 20.1 Å². The van der Waals surface area contributed by atoms with Crippen molar-refractivity contribution in [1.29, 1.82) is 0 Å². The highest BCUT2D eigenvalue weighted by Crippen LogP contribution is 2.23. The van der Waals surface area contributed by atoms with Crippen LogP contribution in [0.5, 0.6) is 0 Å². The molecule has 1 aromatic carbocycles. The smallest absolute Gasteiger partial charge is 0.243 e. The predicted molar refractivity (Wildman–Crippen MR) is 79.2 cm³/mol. The summed E-state index contributed by atoms with van der Waals surface area (Å²) in [6.07, 6.45) is 1.80. The zero-order chi connectivity index (χ0) is 14.8. The third-order valence-corrected chi connectivity index (χ3v) is 3.85. The molecule has 3 rings (SSSR count). The van der Waals surface area contributed by atoms with Crippen molar-refractivity contribution in [2.45, 2.75) is 38.8 Å². The maximum absolute atomic E-state index is 5.39. The van der Waals surface area contributed by atoms with Gasteiger partial charge in [-0.1, -0.05) is 34.5 Å². The van der Waals surface area contributed by atoms with Gasteiger partial charge in [0.05, 0.1) is 12.1 Å². The Balaban J connectivity index is 1.70. The molecule has 2 heterocycles. The standard InChI is InChI=1S/C16H21N3O2/c1-10-4-11(2)6-12(5-10)7-15-18-16(21-19-15)14-8-13(20-3)9-17-14/h4-6,13-14,17H,7-9H2,1-3H3. The molecule has 1 aromatic heterocycles. The average molecular weight is 287 g/mol. The van der Waals surface area contributed by atoms with Crippen molar-refractivity contribution >= 4 is 0 Å². The van der Waals surface area contributed by atoms with E-state index in [2.05, 4.69) is 47.5 Å². The molecule has 0 bridgehead atoms. The van der Waals surface area contributed by atoms with Crippen LogP contribution in [-0.2, 0) is 11.2 Å². The quantitative estimate of drug-likeness (QED) is 0.935. The van der Waals surface area contributed by atoms with Crippen LogP contribution in [0.25, 0.3) is 0 Å². The minimum absolute atomic E-state index is 0.107. The third kappa shape index (κ3) is 3.31. The third-order valence-electron chi connectivity index (χ3n) is 3.85. The number of aromatic nitrogens is 2. The van der Waals surface area contributed by atoms with Gasteiger partial charge in [-0.25, -0.2) is 0 Å². The molecule has 5 heteroatoms. The Bertz CT molecular complexity index is 603. The molecule has 1 fully saturated rings. The van der Waals surface area contributed by atoms with Crippen molar-refractivity contribution in [2.24, 2.45) is 0 Å². The molecular weight excluding hydrogens is 266 g/mol. The fourth-order valence-electron chi connectivity index (χ4n) is 2.91. The van der Waals surface area contributed by atoms with Gasteiger partial charge in [0.15, 0.2) is 5.82 Å². The molecule has 2 aromatic rings. The van der Waals surface area contributed by atoms with Crippen LogP contribution < -0.4 is 5.32 Å². The van der Waals surface area contributed by atoms with E-state index in [-0.39, 0.29) is 12.1 Å². The van der Waals surface area contributed by atoms with Crippen LogP contribution in [0.3, 0.4) is 0 Å². The number of hydrogen-bond acceptors (Lipinski definition) is 5. The molecule has 1 aliphatic heterocycles. The van der Waals surface area contributed by atoms with Crippen LogP contribution >= 0.6 is 0 Å². The zero-order valence-electron chi connectivity index (χ0n) is 12.7. The molecule has 1 saturated heterocycles. The van der Waals surface area contributed by atoms with Gasteiger partial charge in [-0.3, -0.25) is 0 Å². The fourth-order valence-corrected chi connectivity index (χ4v) is 2.91. The molecule has 1 aliphatic rings. The summed E-state index contributed by atoms with van der Waals surface area (Å²) < 4.78 is 10.7. The molecule has 112 valence electrons. The van der Waals surface area contributed by atoms with Gasteiger partial charge in [-0.15, -0.1) is 0 Å². The van der Waals surface area contributed by atoms with Crippen LogP contribution in [0, 0.1) is 13.8 Å². The molecule has 2 atom stereocenters. The second kappa shape index (κ2) is 5.95. The van der Waals surface area contributed by atoms with Crippen LogP contribution in [0.1, 0.15) is 40.9 Å². The van der Waals surface area contributed by atoms with Gasteiger partial charge < -0.3 is 14.6 Å². The van der Waals surface area contributed by atoms with Crippen LogP contribution in [0.2, 0.25) is 0 Å². The maximum atomic E-state index is 5.39. The molecule has 0 amide bonds. The molecule has 5 nitrogen and oxygen atoms in total. The molecule has 0 spiro atoms. The van der Waals surface area contributed by atoms with E-state index in [0.29, 0.717) is 12.3 Å². The summed E-state index contributed by atoms with van der Waals surface area (Å²) >= 11 is 0. The summed E-state index contributed by atoms with van der Waals surface area (Å²) in [4.78, 5) is 4.52. The van der Waals surface area contributed by atoms with Crippen molar-refractivity contribution in [1.82, 2.24) is 15.5 Å². The van der Waals surface area contributed by atoms with Crippen LogP contribution in [0.4, 0.5) is 0 Å². The first-order valence-electron chi connectivity index (χ1n) is 7.30. The highest BCUT2D eigenvalue weighted by atomic mass is 16.5. The van der Waals surface area contributed by atoms with Crippen LogP contribution in [0.15, 0.2) is 22.7 Å². The first-order valence-corrected chi connectivity index (χ1v) is 7.30. The van der Waals surface area contributed by atoms with Gasteiger partial charge in [0.1, 0.15) is 0 Å². The number of rotatable bonds is 4. The number of hydrogen-bond donors (Lipinski definition) is 1. The Hall–Kier alpha value is -1.72. The Morgan fingerprint density at radius 1 is 1.29 bits per heavy atom. The summed E-state index contributed by atoms with van der Waals surface area (Å²) in [5.74, 6) is 1.39.